The average Bonchev–Trinajstić information content (AvgIpc) is 2.51. The first kappa shape index (κ1) is 13.4. The van der Waals surface area contributed by atoms with Gasteiger partial charge in [0.05, 0.1) is 16.9 Å². The molecule has 3 rings (SSSR count). The summed E-state index contributed by atoms with van der Waals surface area (Å²) in [4.78, 5) is 4.33. The maximum atomic E-state index is 6.28. The van der Waals surface area contributed by atoms with Gasteiger partial charge < -0.3 is 11.1 Å². The Morgan fingerprint density at radius 1 is 1.05 bits per heavy atom. The zero-order valence-corrected chi connectivity index (χ0v) is 12.3. The van der Waals surface area contributed by atoms with Gasteiger partial charge in [-0.1, -0.05) is 24.3 Å². The van der Waals surface area contributed by atoms with Crippen LogP contribution in [0.25, 0.3) is 10.9 Å². The van der Waals surface area contributed by atoms with E-state index in [1.165, 1.54) is 11.1 Å². The van der Waals surface area contributed by atoms with Crippen LogP contribution in [0.3, 0.4) is 0 Å². The quantitative estimate of drug-likeness (QED) is 0.702. The summed E-state index contributed by atoms with van der Waals surface area (Å²) in [7, 11) is 0. The van der Waals surface area contributed by atoms with E-state index in [0.717, 1.165) is 22.3 Å². The van der Waals surface area contributed by atoms with E-state index in [9.17, 15) is 0 Å². The smallest absolute Gasteiger partial charge is 0.0724 e. The number of nitrogens with one attached hydrogen (secondary N) is 1. The Kier molecular flexibility index (Phi) is 3.48. The molecule has 0 aliphatic carbocycles. The molecule has 3 heteroatoms. The van der Waals surface area contributed by atoms with Gasteiger partial charge in [0, 0.05) is 17.6 Å². The number of nitrogen functional groups attached to an aromatic ring is 1. The molecule has 0 fully saturated rings. The van der Waals surface area contributed by atoms with Gasteiger partial charge in [-0.05, 0) is 49.2 Å². The summed E-state index contributed by atoms with van der Waals surface area (Å²) < 4.78 is 0. The maximum Gasteiger partial charge on any atom is 0.0724 e. The molecule has 3 nitrogen and oxygen atoms in total. The fraction of sp³-hybridized carbons (Fsp3) is 0.167. The molecule has 1 atom stereocenters. The highest BCUT2D eigenvalue weighted by molar-refractivity contribution is 5.96. The molecule has 1 aromatic heterocycles. The van der Waals surface area contributed by atoms with E-state index in [4.69, 9.17) is 5.73 Å². The van der Waals surface area contributed by atoms with Crippen LogP contribution in [0.5, 0.6) is 0 Å². The summed E-state index contributed by atoms with van der Waals surface area (Å²) >= 11 is 0. The lowest BCUT2D eigenvalue weighted by Gasteiger charge is -2.19. The lowest BCUT2D eigenvalue weighted by atomic mass is 10.0. The van der Waals surface area contributed by atoms with E-state index in [1.807, 2.05) is 24.3 Å². The molecule has 0 aliphatic rings. The lowest BCUT2D eigenvalue weighted by Crippen LogP contribution is -2.09. The van der Waals surface area contributed by atoms with Crippen molar-refractivity contribution in [3.63, 3.8) is 0 Å². The lowest BCUT2D eigenvalue weighted by molar-refractivity contribution is 0.875. The summed E-state index contributed by atoms with van der Waals surface area (Å²) in [5, 5.41) is 4.49. The van der Waals surface area contributed by atoms with Gasteiger partial charge in [-0.3, -0.25) is 4.98 Å². The average molecular weight is 277 g/mol. The molecule has 3 N–H and O–H groups in total. The first-order valence-electron chi connectivity index (χ1n) is 7.12. The number of nitrogens with zero attached hydrogens (tertiary/aromatic N) is 1. The van der Waals surface area contributed by atoms with Crippen molar-refractivity contribution in [1.82, 2.24) is 4.98 Å². The van der Waals surface area contributed by atoms with Crippen molar-refractivity contribution < 1.29 is 0 Å². The van der Waals surface area contributed by atoms with Crippen LogP contribution in [0.2, 0.25) is 0 Å². The highest BCUT2D eigenvalue weighted by Gasteiger charge is 2.11. The van der Waals surface area contributed by atoms with Gasteiger partial charge in [0.1, 0.15) is 0 Å². The zero-order chi connectivity index (χ0) is 14.8. The van der Waals surface area contributed by atoms with Gasteiger partial charge in [0.25, 0.3) is 0 Å². The van der Waals surface area contributed by atoms with E-state index >= 15 is 0 Å². The number of hydrogen-bond donors (Lipinski definition) is 2. The molecule has 2 aromatic carbocycles. The number of rotatable bonds is 3. The fourth-order valence-corrected chi connectivity index (χ4v) is 2.68. The Labute approximate surface area is 124 Å². The highest BCUT2D eigenvalue weighted by Crippen LogP contribution is 2.30. The molecule has 21 heavy (non-hydrogen) atoms. The van der Waals surface area contributed by atoms with Crippen LogP contribution in [0.4, 0.5) is 11.4 Å². The second-order valence-corrected chi connectivity index (χ2v) is 5.32. The first-order chi connectivity index (χ1) is 10.2. The molecule has 106 valence electrons. The topological polar surface area (TPSA) is 50.9 Å². The van der Waals surface area contributed by atoms with E-state index in [0.29, 0.717) is 0 Å². The molecule has 0 amide bonds. The molecule has 0 saturated carbocycles. The van der Waals surface area contributed by atoms with Crippen LogP contribution in [-0.2, 0) is 0 Å². The number of hydrogen-bond acceptors (Lipinski definition) is 3. The highest BCUT2D eigenvalue weighted by atomic mass is 14.9. The van der Waals surface area contributed by atoms with Crippen LogP contribution in [0.15, 0.2) is 54.7 Å². The zero-order valence-electron chi connectivity index (χ0n) is 12.3. The van der Waals surface area contributed by atoms with Crippen molar-refractivity contribution in [2.75, 3.05) is 11.1 Å². The van der Waals surface area contributed by atoms with Gasteiger partial charge in [-0.15, -0.1) is 0 Å². The van der Waals surface area contributed by atoms with E-state index in [1.54, 1.807) is 6.20 Å². The molecule has 1 unspecified atom stereocenters. The first-order valence-corrected chi connectivity index (χ1v) is 7.12. The molecule has 0 bridgehead atoms. The molecule has 0 saturated heterocycles. The largest absolute Gasteiger partial charge is 0.397 e. The number of pyridine rings is 1. The normalized spacial score (nSPS) is 12.3. The Balaban J connectivity index is 1.95. The maximum absolute atomic E-state index is 6.28. The summed E-state index contributed by atoms with van der Waals surface area (Å²) in [5.74, 6) is 0. The molecule has 0 aliphatic heterocycles. The van der Waals surface area contributed by atoms with Crippen molar-refractivity contribution in [2.45, 2.75) is 19.9 Å². The number of nitrogens with two attached hydrogens (primary N) is 1. The minimum Gasteiger partial charge on any atom is -0.397 e. The van der Waals surface area contributed by atoms with Crippen LogP contribution < -0.4 is 11.1 Å². The summed E-state index contributed by atoms with van der Waals surface area (Å²) in [6.07, 6.45) is 1.78. The van der Waals surface area contributed by atoms with E-state index in [2.05, 4.69) is 48.4 Å². The molecule has 0 radical (unpaired) electrons. The van der Waals surface area contributed by atoms with E-state index < -0.39 is 0 Å². The van der Waals surface area contributed by atoms with Gasteiger partial charge in [-0.25, -0.2) is 0 Å². The summed E-state index contributed by atoms with van der Waals surface area (Å²) in [6, 6.07) is 16.5. The Hall–Kier alpha value is -2.55. The predicted molar refractivity (Wildman–Crippen MR) is 89.4 cm³/mol. The third-order valence-electron chi connectivity index (χ3n) is 3.85. The second-order valence-electron chi connectivity index (χ2n) is 5.32. The SMILES string of the molecule is Cc1ccccc1C(C)Nc1ccc2ncccc2c1N. The number of benzene rings is 2. The predicted octanol–water partition coefficient (Wildman–Crippen LogP) is 4.30. The Bertz CT molecular complexity index is 780. The fourth-order valence-electron chi connectivity index (χ4n) is 2.68. The second kappa shape index (κ2) is 5.44. The minimum atomic E-state index is 0.197. The number of anilines is 2. The van der Waals surface area contributed by atoms with Gasteiger partial charge >= 0.3 is 0 Å². The monoisotopic (exact) mass is 277 g/mol. The van der Waals surface area contributed by atoms with Crippen molar-refractivity contribution in [3.05, 3.63) is 65.9 Å². The standard InChI is InChI=1S/C18H19N3/c1-12-6-3-4-7-14(12)13(2)21-17-10-9-16-15(18(17)19)8-5-11-20-16/h3-11,13,21H,19H2,1-2H3. The number of aryl methyl sites for hydroxylation is 1. The minimum absolute atomic E-state index is 0.197. The van der Waals surface area contributed by atoms with Crippen LogP contribution >= 0.6 is 0 Å². The third kappa shape index (κ3) is 2.55. The molecule has 3 aromatic rings. The van der Waals surface area contributed by atoms with Crippen LogP contribution in [-0.4, -0.2) is 4.98 Å². The molecule has 0 spiro atoms. The third-order valence-corrected chi connectivity index (χ3v) is 3.85. The van der Waals surface area contributed by atoms with Crippen molar-refractivity contribution in [1.29, 1.82) is 0 Å². The Morgan fingerprint density at radius 2 is 1.86 bits per heavy atom. The van der Waals surface area contributed by atoms with Gasteiger partial charge in [0.2, 0.25) is 0 Å². The van der Waals surface area contributed by atoms with Crippen LogP contribution in [0.1, 0.15) is 24.1 Å². The van der Waals surface area contributed by atoms with Crippen molar-refractivity contribution in [3.8, 4) is 0 Å². The number of aromatic nitrogens is 1. The summed E-state index contributed by atoms with van der Waals surface area (Å²) in [5.41, 5.74) is 11.5. The van der Waals surface area contributed by atoms with Gasteiger partial charge in [-0.2, -0.15) is 0 Å². The number of fused-ring (bicyclic) bond motifs is 1. The molecule has 1 heterocycles. The van der Waals surface area contributed by atoms with Gasteiger partial charge in [0.15, 0.2) is 0 Å². The molecular formula is C18H19N3. The van der Waals surface area contributed by atoms with E-state index in [-0.39, 0.29) is 6.04 Å². The molecular weight excluding hydrogens is 258 g/mol. The van der Waals surface area contributed by atoms with Crippen LogP contribution in [0, 0.1) is 6.92 Å². The Morgan fingerprint density at radius 3 is 2.67 bits per heavy atom. The summed E-state index contributed by atoms with van der Waals surface area (Å²) in [6.45, 7) is 4.27. The van der Waals surface area contributed by atoms with Crippen molar-refractivity contribution >= 4 is 22.3 Å². The van der Waals surface area contributed by atoms with Crippen molar-refractivity contribution in [2.24, 2.45) is 0 Å².